The maximum absolute atomic E-state index is 11.6. The van der Waals surface area contributed by atoms with Gasteiger partial charge in [-0.25, -0.2) is 0 Å². The van der Waals surface area contributed by atoms with E-state index in [1.54, 1.807) is 30.3 Å². The van der Waals surface area contributed by atoms with Crippen LogP contribution >= 0.6 is 23.2 Å². The zero-order valence-corrected chi connectivity index (χ0v) is 13.6. The maximum Gasteiger partial charge on any atom is 0.225 e. The summed E-state index contributed by atoms with van der Waals surface area (Å²) in [5.41, 5.74) is 0.569. The van der Waals surface area contributed by atoms with Crippen LogP contribution in [0, 0.1) is 0 Å². The van der Waals surface area contributed by atoms with Crippen LogP contribution in [0.5, 0.6) is 0 Å². The lowest BCUT2D eigenvalue weighted by Crippen LogP contribution is -2.12. The first-order valence-electron chi connectivity index (χ1n) is 6.94. The molecule has 1 heterocycles. The highest BCUT2D eigenvalue weighted by molar-refractivity contribution is 6.39. The van der Waals surface area contributed by atoms with Crippen molar-refractivity contribution in [2.45, 2.75) is 26.2 Å². The average molecular weight is 339 g/mol. The molecule has 0 aliphatic rings. The van der Waals surface area contributed by atoms with Gasteiger partial charge in [-0.05, 0) is 30.7 Å². The zero-order chi connectivity index (χ0) is 15.9. The van der Waals surface area contributed by atoms with E-state index in [0.29, 0.717) is 33.8 Å². The number of unbranched alkanes of at least 4 members (excludes halogenated alkanes) is 1. The fraction of sp³-hybridized carbons (Fsp3) is 0.267. The molecule has 2 aromatic rings. The largest absolute Gasteiger partial charge is 0.336 e. The van der Waals surface area contributed by atoms with Crippen LogP contribution in [-0.4, -0.2) is 16.1 Å². The normalized spacial score (nSPS) is 10.3. The van der Waals surface area contributed by atoms with E-state index in [9.17, 15) is 4.79 Å². The first-order chi connectivity index (χ1) is 10.6. The topological polar surface area (TPSA) is 66.9 Å². The van der Waals surface area contributed by atoms with Gasteiger partial charge in [0.05, 0.1) is 15.7 Å². The van der Waals surface area contributed by atoms with Gasteiger partial charge in [-0.1, -0.05) is 42.6 Å². The number of carbonyl (C=O) groups is 1. The standard InChI is InChI=1S/C15H16Cl2N4O/c1-2-3-7-14(22)18-12-8-9-13(21-20-12)19-15-10(16)5-4-6-11(15)17/h4-6,8-9H,2-3,7H2,1H3,(H,19,21)(H,18,20,22). The molecule has 1 amide bonds. The van der Waals surface area contributed by atoms with Gasteiger partial charge in [0.25, 0.3) is 0 Å². The second kappa shape index (κ2) is 7.96. The van der Waals surface area contributed by atoms with Crippen molar-refractivity contribution in [3.05, 3.63) is 40.4 Å². The Bertz CT molecular complexity index is 626. The minimum absolute atomic E-state index is 0.0639. The molecule has 0 aliphatic heterocycles. The summed E-state index contributed by atoms with van der Waals surface area (Å²) in [6, 6.07) is 8.58. The van der Waals surface area contributed by atoms with E-state index >= 15 is 0 Å². The quantitative estimate of drug-likeness (QED) is 0.803. The number of para-hydroxylation sites is 1. The summed E-state index contributed by atoms with van der Waals surface area (Å²) < 4.78 is 0. The monoisotopic (exact) mass is 338 g/mol. The molecule has 0 atom stereocenters. The van der Waals surface area contributed by atoms with E-state index in [4.69, 9.17) is 23.2 Å². The Morgan fingerprint density at radius 3 is 2.32 bits per heavy atom. The van der Waals surface area contributed by atoms with Crippen molar-refractivity contribution in [1.29, 1.82) is 0 Å². The van der Waals surface area contributed by atoms with Crippen molar-refractivity contribution in [2.75, 3.05) is 10.6 Å². The summed E-state index contributed by atoms with van der Waals surface area (Å²) in [4.78, 5) is 11.6. The highest BCUT2D eigenvalue weighted by Gasteiger charge is 2.07. The third-order valence-corrected chi connectivity index (χ3v) is 3.54. The Kier molecular flexibility index (Phi) is 5.98. The molecule has 0 bridgehead atoms. The lowest BCUT2D eigenvalue weighted by molar-refractivity contribution is -0.116. The molecule has 0 saturated carbocycles. The highest BCUT2D eigenvalue weighted by Crippen LogP contribution is 2.31. The Balaban J connectivity index is 2.02. The molecule has 5 nitrogen and oxygen atoms in total. The summed E-state index contributed by atoms with van der Waals surface area (Å²) in [6.07, 6.45) is 2.30. The van der Waals surface area contributed by atoms with Crippen LogP contribution in [0.25, 0.3) is 0 Å². The molecule has 1 aromatic carbocycles. The highest BCUT2D eigenvalue weighted by atomic mass is 35.5. The number of hydrogen-bond donors (Lipinski definition) is 2. The molecule has 0 spiro atoms. The van der Waals surface area contributed by atoms with Crippen LogP contribution < -0.4 is 10.6 Å². The van der Waals surface area contributed by atoms with Gasteiger partial charge in [0.2, 0.25) is 5.91 Å². The molecule has 2 rings (SSSR count). The number of nitrogens with one attached hydrogen (secondary N) is 2. The smallest absolute Gasteiger partial charge is 0.225 e. The van der Waals surface area contributed by atoms with Gasteiger partial charge >= 0.3 is 0 Å². The average Bonchev–Trinajstić information content (AvgIpc) is 2.51. The number of aromatic nitrogens is 2. The van der Waals surface area contributed by atoms with Gasteiger partial charge in [0.15, 0.2) is 11.6 Å². The molecule has 0 saturated heterocycles. The molecular weight excluding hydrogens is 323 g/mol. The van der Waals surface area contributed by atoms with Crippen molar-refractivity contribution in [3.63, 3.8) is 0 Å². The number of amides is 1. The molecule has 0 radical (unpaired) electrons. The lowest BCUT2D eigenvalue weighted by atomic mass is 10.2. The fourth-order valence-corrected chi connectivity index (χ4v) is 2.25. The second-order valence-electron chi connectivity index (χ2n) is 4.68. The predicted molar refractivity (Wildman–Crippen MR) is 89.9 cm³/mol. The molecule has 0 aliphatic carbocycles. The molecule has 0 unspecified atom stereocenters. The summed E-state index contributed by atoms with van der Waals surface area (Å²) in [6.45, 7) is 2.04. The number of halogens is 2. The van der Waals surface area contributed by atoms with Gasteiger partial charge in [0, 0.05) is 6.42 Å². The first kappa shape index (κ1) is 16.5. The van der Waals surface area contributed by atoms with Gasteiger partial charge in [-0.15, -0.1) is 10.2 Å². The molecule has 7 heteroatoms. The molecule has 116 valence electrons. The summed E-state index contributed by atoms with van der Waals surface area (Å²) >= 11 is 12.2. The summed E-state index contributed by atoms with van der Waals surface area (Å²) in [5, 5.41) is 14.6. The number of rotatable bonds is 6. The van der Waals surface area contributed by atoms with E-state index in [1.807, 2.05) is 6.92 Å². The number of anilines is 3. The Morgan fingerprint density at radius 2 is 1.73 bits per heavy atom. The molecular formula is C15H16Cl2N4O. The van der Waals surface area contributed by atoms with Gasteiger partial charge in [-0.3, -0.25) is 4.79 Å². The van der Waals surface area contributed by atoms with Gasteiger partial charge in [0.1, 0.15) is 0 Å². The van der Waals surface area contributed by atoms with E-state index in [-0.39, 0.29) is 5.91 Å². The third-order valence-electron chi connectivity index (χ3n) is 2.91. The lowest BCUT2D eigenvalue weighted by Gasteiger charge is -2.09. The van der Waals surface area contributed by atoms with Crippen molar-refractivity contribution in [2.24, 2.45) is 0 Å². The van der Waals surface area contributed by atoms with Crippen LogP contribution in [0.1, 0.15) is 26.2 Å². The van der Waals surface area contributed by atoms with E-state index in [0.717, 1.165) is 12.8 Å². The minimum Gasteiger partial charge on any atom is -0.336 e. The van der Waals surface area contributed by atoms with E-state index in [2.05, 4.69) is 20.8 Å². The van der Waals surface area contributed by atoms with Crippen molar-refractivity contribution < 1.29 is 4.79 Å². The molecule has 2 N–H and O–H groups in total. The molecule has 22 heavy (non-hydrogen) atoms. The Morgan fingerprint density at radius 1 is 1.09 bits per heavy atom. The minimum atomic E-state index is -0.0639. The summed E-state index contributed by atoms with van der Waals surface area (Å²) in [7, 11) is 0. The van der Waals surface area contributed by atoms with Crippen molar-refractivity contribution >= 4 is 46.4 Å². The molecule has 1 aromatic heterocycles. The van der Waals surface area contributed by atoms with Crippen LogP contribution in [0.2, 0.25) is 10.0 Å². The first-order valence-corrected chi connectivity index (χ1v) is 7.70. The SMILES string of the molecule is CCCCC(=O)Nc1ccc(Nc2c(Cl)cccc2Cl)nn1. The zero-order valence-electron chi connectivity index (χ0n) is 12.1. The van der Waals surface area contributed by atoms with Crippen LogP contribution in [0.4, 0.5) is 17.3 Å². The molecule has 0 fully saturated rings. The predicted octanol–water partition coefficient (Wildman–Crippen LogP) is 4.66. The van der Waals surface area contributed by atoms with Crippen LogP contribution in [0.15, 0.2) is 30.3 Å². The van der Waals surface area contributed by atoms with E-state index in [1.165, 1.54) is 0 Å². The van der Waals surface area contributed by atoms with E-state index < -0.39 is 0 Å². The number of hydrogen-bond acceptors (Lipinski definition) is 4. The Labute approximate surface area is 139 Å². The second-order valence-corrected chi connectivity index (χ2v) is 5.49. The fourth-order valence-electron chi connectivity index (χ4n) is 1.75. The maximum atomic E-state index is 11.6. The number of nitrogens with zero attached hydrogens (tertiary/aromatic N) is 2. The number of benzene rings is 1. The Hall–Kier alpha value is -1.85. The van der Waals surface area contributed by atoms with Gasteiger partial charge < -0.3 is 10.6 Å². The van der Waals surface area contributed by atoms with Gasteiger partial charge in [-0.2, -0.15) is 0 Å². The number of carbonyl (C=O) groups excluding carboxylic acids is 1. The van der Waals surface area contributed by atoms with Crippen LogP contribution in [-0.2, 0) is 4.79 Å². The van der Waals surface area contributed by atoms with Crippen LogP contribution in [0.3, 0.4) is 0 Å². The summed E-state index contributed by atoms with van der Waals surface area (Å²) in [5.74, 6) is 0.837. The van der Waals surface area contributed by atoms with Crippen molar-refractivity contribution in [1.82, 2.24) is 10.2 Å². The van der Waals surface area contributed by atoms with Crippen molar-refractivity contribution in [3.8, 4) is 0 Å². The third kappa shape index (κ3) is 4.58.